The molecule has 2 heterocycles. The molecule has 0 aliphatic carbocycles. The highest BCUT2D eigenvalue weighted by Crippen LogP contribution is 2.24. The summed E-state index contributed by atoms with van der Waals surface area (Å²) in [5, 5.41) is 11.2. The number of amides is 1. The molecule has 1 N–H and O–H groups in total. The Morgan fingerprint density at radius 1 is 1.03 bits per heavy atom. The zero-order valence-electron chi connectivity index (χ0n) is 17.2. The second-order valence-corrected chi connectivity index (χ2v) is 7.87. The van der Waals surface area contributed by atoms with Gasteiger partial charge in [0.2, 0.25) is 0 Å². The molecule has 4 rings (SSSR count). The molecule has 0 aliphatic rings. The Balaban J connectivity index is 1.68. The molecule has 162 valence electrons. The maximum absolute atomic E-state index is 14.0. The van der Waals surface area contributed by atoms with Gasteiger partial charge in [-0.3, -0.25) is 4.79 Å². The number of aryl methyl sites for hydroxylation is 2. The molecule has 0 radical (unpaired) electrons. The molecule has 7 nitrogen and oxygen atoms in total. The van der Waals surface area contributed by atoms with Crippen LogP contribution in [0.25, 0.3) is 5.69 Å². The lowest BCUT2D eigenvalue weighted by Crippen LogP contribution is -2.16. The smallest absolute Gasteiger partial charge is 0.278 e. The average molecular weight is 452 g/mol. The molecule has 10 heteroatoms. The molecule has 0 fully saturated rings. The van der Waals surface area contributed by atoms with Crippen molar-refractivity contribution in [2.75, 3.05) is 5.32 Å². The van der Waals surface area contributed by atoms with Gasteiger partial charge in [0.1, 0.15) is 11.6 Å². The number of halogens is 2. The van der Waals surface area contributed by atoms with Crippen LogP contribution >= 0.6 is 11.8 Å². The van der Waals surface area contributed by atoms with E-state index in [0.717, 1.165) is 11.4 Å². The summed E-state index contributed by atoms with van der Waals surface area (Å²) in [5.41, 5.74) is 2.67. The van der Waals surface area contributed by atoms with Gasteiger partial charge in [-0.2, -0.15) is 0 Å². The molecule has 0 bridgehead atoms. The summed E-state index contributed by atoms with van der Waals surface area (Å²) in [5.74, 6) is -1.31. The van der Waals surface area contributed by atoms with Crippen molar-refractivity contribution in [3.8, 4) is 5.69 Å². The second-order valence-electron chi connectivity index (χ2n) is 6.93. The van der Waals surface area contributed by atoms with Crippen LogP contribution in [0.5, 0.6) is 0 Å². The minimum absolute atomic E-state index is 0.0226. The van der Waals surface area contributed by atoms with Crippen molar-refractivity contribution < 1.29 is 13.6 Å². The van der Waals surface area contributed by atoms with E-state index in [9.17, 15) is 13.6 Å². The number of carbonyl (C=O) groups excluding carboxylic acids is 1. The van der Waals surface area contributed by atoms with E-state index in [2.05, 4.69) is 25.6 Å². The summed E-state index contributed by atoms with van der Waals surface area (Å²) in [6.45, 7) is 3.74. The van der Waals surface area contributed by atoms with Crippen LogP contribution in [0.2, 0.25) is 0 Å². The lowest BCUT2D eigenvalue weighted by atomic mass is 10.2. The lowest BCUT2D eigenvalue weighted by molar-refractivity contribution is 0.102. The number of thioether (sulfide) groups is 1. The predicted octanol–water partition coefficient (Wildman–Crippen LogP) is 4.50. The Labute approximate surface area is 186 Å². The van der Waals surface area contributed by atoms with Gasteiger partial charge in [0.25, 0.3) is 5.91 Å². The molecule has 2 aromatic carbocycles. The second kappa shape index (κ2) is 9.23. The standard InChI is InChI=1S/C22H18F2N6OS/c1-13-11-14(2)26-22(25-13)32-12-19-20(21(31)27-18-6-4-3-5-17(18)24)28-29-30(19)16-9-7-15(23)8-10-16/h3-11H,12H2,1-2H3,(H,27,31). The van der Waals surface area contributed by atoms with Gasteiger partial charge >= 0.3 is 0 Å². The van der Waals surface area contributed by atoms with Crippen LogP contribution in [-0.2, 0) is 5.75 Å². The minimum Gasteiger partial charge on any atom is -0.318 e. The van der Waals surface area contributed by atoms with E-state index in [1.165, 1.54) is 58.9 Å². The number of benzene rings is 2. The molecule has 2 aromatic heterocycles. The van der Waals surface area contributed by atoms with Gasteiger partial charge in [-0.1, -0.05) is 29.1 Å². The Morgan fingerprint density at radius 2 is 1.72 bits per heavy atom. The first kappa shape index (κ1) is 21.6. The number of hydrogen-bond donors (Lipinski definition) is 1. The first-order valence-electron chi connectivity index (χ1n) is 9.62. The first-order chi connectivity index (χ1) is 15.4. The van der Waals surface area contributed by atoms with E-state index in [0.29, 0.717) is 16.5 Å². The van der Waals surface area contributed by atoms with Gasteiger partial charge < -0.3 is 5.32 Å². The molecule has 1 amide bonds. The summed E-state index contributed by atoms with van der Waals surface area (Å²) in [7, 11) is 0. The largest absolute Gasteiger partial charge is 0.318 e. The topological polar surface area (TPSA) is 85.6 Å². The Bertz CT molecular complexity index is 1260. The summed E-state index contributed by atoms with van der Waals surface area (Å²) >= 11 is 1.31. The number of hydrogen-bond acceptors (Lipinski definition) is 6. The fraction of sp³-hybridized carbons (Fsp3) is 0.136. The summed E-state index contributed by atoms with van der Waals surface area (Å²) in [6.07, 6.45) is 0. The highest BCUT2D eigenvalue weighted by Gasteiger charge is 2.22. The molecule has 0 unspecified atom stereocenters. The van der Waals surface area contributed by atoms with Gasteiger partial charge in [0, 0.05) is 17.1 Å². The van der Waals surface area contributed by atoms with Gasteiger partial charge in [0.15, 0.2) is 10.9 Å². The third-order valence-electron chi connectivity index (χ3n) is 4.47. The number of carbonyl (C=O) groups is 1. The maximum atomic E-state index is 14.0. The number of nitrogens with zero attached hydrogens (tertiary/aromatic N) is 5. The number of anilines is 1. The zero-order chi connectivity index (χ0) is 22.7. The van der Waals surface area contributed by atoms with Gasteiger partial charge in [-0.15, -0.1) is 5.10 Å². The van der Waals surface area contributed by atoms with Crippen molar-refractivity contribution in [3.05, 3.63) is 89.0 Å². The molecule has 0 aliphatic heterocycles. The number of aromatic nitrogens is 5. The van der Waals surface area contributed by atoms with E-state index < -0.39 is 17.5 Å². The molecular weight excluding hydrogens is 434 g/mol. The van der Waals surface area contributed by atoms with Gasteiger partial charge in [0.05, 0.1) is 17.1 Å². The Kier molecular flexibility index (Phi) is 6.22. The van der Waals surface area contributed by atoms with Crippen LogP contribution in [0.1, 0.15) is 27.6 Å². The fourth-order valence-corrected chi connectivity index (χ4v) is 3.97. The third kappa shape index (κ3) is 4.80. The Hall–Kier alpha value is -3.66. The van der Waals surface area contributed by atoms with E-state index in [-0.39, 0.29) is 17.1 Å². The Morgan fingerprint density at radius 3 is 2.41 bits per heavy atom. The summed E-state index contributed by atoms with van der Waals surface area (Å²) < 4.78 is 28.9. The summed E-state index contributed by atoms with van der Waals surface area (Å²) in [6, 6.07) is 13.4. The molecule has 32 heavy (non-hydrogen) atoms. The third-order valence-corrected chi connectivity index (χ3v) is 5.33. The van der Waals surface area contributed by atoms with Crippen LogP contribution in [-0.4, -0.2) is 30.9 Å². The quantitative estimate of drug-likeness (QED) is 0.343. The zero-order valence-corrected chi connectivity index (χ0v) is 18.0. The minimum atomic E-state index is -0.611. The highest BCUT2D eigenvalue weighted by molar-refractivity contribution is 7.98. The molecule has 4 aromatic rings. The molecule has 0 spiro atoms. The molecule has 0 atom stereocenters. The van der Waals surface area contributed by atoms with Gasteiger partial charge in [-0.25, -0.2) is 23.4 Å². The van der Waals surface area contributed by atoms with E-state index in [1.54, 1.807) is 6.07 Å². The van der Waals surface area contributed by atoms with Crippen LogP contribution in [0.15, 0.2) is 59.8 Å². The molecule has 0 saturated heterocycles. The SMILES string of the molecule is Cc1cc(C)nc(SCc2c(C(=O)Nc3ccccc3F)nnn2-c2ccc(F)cc2)n1. The van der Waals surface area contributed by atoms with Crippen LogP contribution in [0, 0.1) is 25.5 Å². The monoisotopic (exact) mass is 452 g/mol. The van der Waals surface area contributed by atoms with Crippen molar-refractivity contribution in [1.29, 1.82) is 0 Å². The van der Waals surface area contributed by atoms with Crippen molar-refractivity contribution in [2.45, 2.75) is 24.8 Å². The van der Waals surface area contributed by atoms with Crippen molar-refractivity contribution >= 4 is 23.4 Å². The average Bonchev–Trinajstić information content (AvgIpc) is 3.18. The van der Waals surface area contributed by atoms with E-state index >= 15 is 0 Å². The lowest BCUT2D eigenvalue weighted by Gasteiger charge is -2.09. The van der Waals surface area contributed by atoms with Crippen molar-refractivity contribution in [2.24, 2.45) is 0 Å². The van der Waals surface area contributed by atoms with Crippen molar-refractivity contribution in [1.82, 2.24) is 25.0 Å². The van der Waals surface area contributed by atoms with Crippen LogP contribution in [0.4, 0.5) is 14.5 Å². The predicted molar refractivity (Wildman–Crippen MR) is 117 cm³/mol. The van der Waals surface area contributed by atoms with E-state index in [1.807, 2.05) is 19.9 Å². The number of rotatable bonds is 6. The fourth-order valence-electron chi connectivity index (χ4n) is 3.03. The maximum Gasteiger partial charge on any atom is 0.278 e. The normalized spacial score (nSPS) is 10.9. The molecule has 0 saturated carbocycles. The van der Waals surface area contributed by atoms with Crippen molar-refractivity contribution in [3.63, 3.8) is 0 Å². The van der Waals surface area contributed by atoms with Crippen LogP contribution < -0.4 is 5.32 Å². The highest BCUT2D eigenvalue weighted by atomic mass is 32.2. The first-order valence-corrected chi connectivity index (χ1v) is 10.6. The van der Waals surface area contributed by atoms with Crippen LogP contribution in [0.3, 0.4) is 0 Å². The van der Waals surface area contributed by atoms with Gasteiger partial charge in [-0.05, 0) is 56.3 Å². The number of nitrogens with one attached hydrogen (secondary N) is 1. The van der Waals surface area contributed by atoms with E-state index in [4.69, 9.17) is 0 Å². The molecular formula is C22H18F2N6OS. The summed E-state index contributed by atoms with van der Waals surface area (Å²) in [4.78, 5) is 21.7. The number of para-hydroxylation sites is 1.